The molecule has 2 aliphatic rings. The van der Waals surface area contributed by atoms with E-state index in [0.717, 1.165) is 11.5 Å². The van der Waals surface area contributed by atoms with Crippen LogP contribution in [0.3, 0.4) is 0 Å². The largest absolute Gasteiger partial charge is 0.445 e. The van der Waals surface area contributed by atoms with Gasteiger partial charge in [0, 0.05) is 18.4 Å². The van der Waals surface area contributed by atoms with Crippen LogP contribution in [0, 0.1) is 5.41 Å². The van der Waals surface area contributed by atoms with Crippen LogP contribution in [0.15, 0.2) is 4.42 Å². The quantitative estimate of drug-likeness (QED) is 0.827. The lowest BCUT2D eigenvalue weighted by molar-refractivity contribution is -0.143. The fraction of sp³-hybridized carbons (Fsp3) is 0.667. The fourth-order valence-electron chi connectivity index (χ4n) is 2.69. The van der Waals surface area contributed by atoms with Crippen LogP contribution in [0.25, 0.3) is 0 Å². The first-order valence-corrected chi connectivity index (χ1v) is 7.32. The molecule has 0 saturated heterocycles. The maximum Gasteiger partial charge on any atom is 0.238 e. The molecule has 0 unspecified atom stereocenters. The summed E-state index contributed by atoms with van der Waals surface area (Å²) in [5.41, 5.74) is 5.07. The van der Waals surface area contributed by atoms with Gasteiger partial charge in [-0.1, -0.05) is 20.8 Å². The molecule has 1 aromatic rings. The summed E-state index contributed by atoms with van der Waals surface area (Å²) in [6.07, 6.45) is 1.77. The molecule has 2 amide bonds. The first kappa shape index (κ1) is 14.1. The third-order valence-corrected chi connectivity index (χ3v) is 4.29. The molecule has 1 aliphatic heterocycles. The monoisotopic (exact) mass is 291 g/mol. The third kappa shape index (κ3) is 2.22. The summed E-state index contributed by atoms with van der Waals surface area (Å²) < 4.78 is 5.81. The highest BCUT2D eigenvalue weighted by atomic mass is 16.4. The summed E-state index contributed by atoms with van der Waals surface area (Å²) in [5, 5.41) is 0. The molecule has 2 N–H and O–H groups in total. The second-order valence-electron chi connectivity index (χ2n) is 7.06. The summed E-state index contributed by atoms with van der Waals surface area (Å²) in [6, 6.07) is 0. The van der Waals surface area contributed by atoms with E-state index < -0.39 is 11.3 Å². The summed E-state index contributed by atoms with van der Waals surface area (Å²) in [7, 11) is 0. The minimum atomic E-state index is -0.950. The average Bonchev–Trinajstić information content (AvgIpc) is 3.09. The molecule has 1 aromatic heterocycles. The van der Waals surface area contributed by atoms with Crippen molar-refractivity contribution in [3.63, 3.8) is 0 Å². The van der Waals surface area contributed by atoms with Gasteiger partial charge in [0.2, 0.25) is 11.8 Å². The summed E-state index contributed by atoms with van der Waals surface area (Å²) >= 11 is 0. The number of carbonyl (C=O) groups excluding carboxylic acids is 2. The molecule has 0 radical (unpaired) electrons. The Labute approximate surface area is 123 Å². The minimum Gasteiger partial charge on any atom is -0.445 e. The van der Waals surface area contributed by atoms with Crippen LogP contribution < -0.4 is 5.73 Å². The van der Waals surface area contributed by atoms with Crippen LogP contribution in [0.1, 0.15) is 51.0 Å². The lowest BCUT2D eigenvalue weighted by atomic mass is 9.97. The number of rotatable bonds is 2. The van der Waals surface area contributed by atoms with Gasteiger partial charge in [-0.3, -0.25) is 9.59 Å². The molecule has 2 heterocycles. The van der Waals surface area contributed by atoms with Crippen molar-refractivity contribution in [3.05, 3.63) is 17.3 Å². The minimum absolute atomic E-state index is 0.152. The lowest BCUT2D eigenvalue weighted by Crippen LogP contribution is -2.45. The number of oxazole rings is 1. The maximum atomic E-state index is 12.5. The van der Waals surface area contributed by atoms with Crippen LogP contribution in [0.4, 0.5) is 0 Å². The lowest BCUT2D eigenvalue weighted by Gasteiger charge is -2.28. The number of amides is 2. The number of aromatic nitrogens is 1. The van der Waals surface area contributed by atoms with Crippen LogP contribution in [-0.4, -0.2) is 28.2 Å². The number of hydrogen-bond donors (Lipinski definition) is 1. The van der Waals surface area contributed by atoms with E-state index in [0.29, 0.717) is 38.2 Å². The molecule has 0 atom stereocenters. The molecule has 6 heteroatoms. The van der Waals surface area contributed by atoms with Crippen molar-refractivity contribution in [2.45, 2.75) is 52.0 Å². The van der Waals surface area contributed by atoms with E-state index in [2.05, 4.69) is 4.98 Å². The van der Waals surface area contributed by atoms with Crippen LogP contribution in [0.5, 0.6) is 0 Å². The molecule has 1 aliphatic carbocycles. The topological polar surface area (TPSA) is 89.4 Å². The van der Waals surface area contributed by atoms with Crippen molar-refractivity contribution in [1.29, 1.82) is 0 Å². The predicted molar refractivity (Wildman–Crippen MR) is 75.2 cm³/mol. The first-order chi connectivity index (χ1) is 9.74. The van der Waals surface area contributed by atoms with Gasteiger partial charge in [-0.05, 0) is 12.8 Å². The average molecular weight is 291 g/mol. The zero-order chi connectivity index (χ0) is 15.4. The number of hydrogen-bond acceptors (Lipinski definition) is 4. The highest BCUT2D eigenvalue weighted by molar-refractivity contribution is 6.07. The maximum absolute atomic E-state index is 12.5. The van der Waals surface area contributed by atoms with Crippen molar-refractivity contribution in [3.8, 4) is 0 Å². The van der Waals surface area contributed by atoms with Gasteiger partial charge in [-0.15, -0.1) is 0 Å². The molecular weight excluding hydrogens is 270 g/mol. The Morgan fingerprint density at radius 1 is 1.33 bits per heavy atom. The molecule has 0 bridgehead atoms. The third-order valence-electron chi connectivity index (χ3n) is 4.29. The molecule has 0 spiro atoms. The van der Waals surface area contributed by atoms with E-state index in [1.54, 1.807) is 4.90 Å². The SMILES string of the molecule is CC(C)(C)c1nc2c(o1)CCN(C(=O)C1(C(N)=O)CC1)C2. The highest BCUT2D eigenvalue weighted by Gasteiger charge is 2.57. The van der Waals surface area contributed by atoms with E-state index in [9.17, 15) is 9.59 Å². The molecule has 1 fully saturated rings. The second-order valence-corrected chi connectivity index (χ2v) is 7.06. The predicted octanol–water partition coefficient (Wildman–Crippen LogP) is 1.12. The second kappa shape index (κ2) is 4.32. The normalized spacial score (nSPS) is 20.0. The van der Waals surface area contributed by atoms with Gasteiger partial charge in [0.15, 0.2) is 5.89 Å². The Balaban J connectivity index is 1.80. The Morgan fingerprint density at radius 3 is 2.52 bits per heavy atom. The van der Waals surface area contributed by atoms with Crippen LogP contribution in [-0.2, 0) is 28.0 Å². The number of nitrogens with zero attached hydrogens (tertiary/aromatic N) is 2. The fourth-order valence-corrected chi connectivity index (χ4v) is 2.69. The molecule has 114 valence electrons. The molecule has 0 aromatic carbocycles. The van der Waals surface area contributed by atoms with E-state index in [4.69, 9.17) is 10.2 Å². The van der Waals surface area contributed by atoms with Gasteiger partial charge in [-0.25, -0.2) is 4.98 Å². The van der Waals surface area contributed by atoms with Crippen molar-refractivity contribution in [2.24, 2.45) is 11.1 Å². The van der Waals surface area contributed by atoms with Gasteiger partial charge >= 0.3 is 0 Å². The summed E-state index contributed by atoms with van der Waals surface area (Å²) in [6.45, 7) is 7.08. The Hall–Kier alpha value is -1.85. The van der Waals surface area contributed by atoms with Crippen LogP contribution in [0.2, 0.25) is 0 Å². The zero-order valence-electron chi connectivity index (χ0n) is 12.7. The Morgan fingerprint density at radius 2 is 2.00 bits per heavy atom. The molecule has 3 rings (SSSR count). The number of fused-ring (bicyclic) bond motifs is 1. The molecule has 6 nitrogen and oxygen atoms in total. The molecular formula is C15H21N3O3. The first-order valence-electron chi connectivity index (χ1n) is 7.32. The highest BCUT2D eigenvalue weighted by Crippen LogP contribution is 2.47. The number of carbonyl (C=O) groups is 2. The van der Waals surface area contributed by atoms with Crippen LogP contribution >= 0.6 is 0 Å². The van der Waals surface area contributed by atoms with E-state index in [1.165, 1.54) is 0 Å². The Bertz CT molecular complexity index is 608. The zero-order valence-corrected chi connectivity index (χ0v) is 12.7. The standard InChI is InChI=1S/C15H21N3O3/c1-14(2,3)12-17-9-8-18(7-4-10(9)21-12)13(20)15(5-6-15)11(16)19/h4-8H2,1-3H3,(H2,16,19). The van der Waals surface area contributed by atoms with Gasteiger partial charge in [0.05, 0.1) is 6.54 Å². The van der Waals surface area contributed by atoms with Crippen molar-refractivity contribution in [2.75, 3.05) is 6.54 Å². The van der Waals surface area contributed by atoms with E-state index >= 15 is 0 Å². The summed E-state index contributed by atoms with van der Waals surface area (Å²) in [5.74, 6) is 0.889. The van der Waals surface area contributed by atoms with Gasteiger partial charge < -0.3 is 15.1 Å². The van der Waals surface area contributed by atoms with Gasteiger partial charge in [0.25, 0.3) is 0 Å². The van der Waals surface area contributed by atoms with Crippen molar-refractivity contribution in [1.82, 2.24) is 9.88 Å². The smallest absolute Gasteiger partial charge is 0.238 e. The number of nitrogens with two attached hydrogens (primary N) is 1. The van der Waals surface area contributed by atoms with Crippen molar-refractivity contribution < 1.29 is 14.0 Å². The van der Waals surface area contributed by atoms with Crippen molar-refractivity contribution >= 4 is 11.8 Å². The molecule has 1 saturated carbocycles. The van der Waals surface area contributed by atoms with E-state index in [-0.39, 0.29) is 11.3 Å². The van der Waals surface area contributed by atoms with Gasteiger partial charge in [-0.2, -0.15) is 0 Å². The summed E-state index contributed by atoms with van der Waals surface area (Å²) in [4.78, 5) is 30.2. The van der Waals surface area contributed by atoms with E-state index in [1.807, 2.05) is 20.8 Å². The number of primary amides is 1. The molecule has 21 heavy (non-hydrogen) atoms. The Kier molecular flexibility index (Phi) is 2.90. The van der Waals surface area contributed by atoms with Gasteiger partial charge in [0.1, 0.15) is 16.9 Å².